The Labute approximate surface area is 111 Å². The molecule has 0 fully saturated rings. The first-order valence-electron chi connectivity index (χ1n) is 5.62. The summed E-state index contributed by atoms with van der Waals surface area (Å²) >= 11 is 0. The molecular formula is C13H16N2O4. The van der Waals surface area contributed by atoms with E-state index in [1.54, 1.807) is 40.7 Å². The summed E-state index contributed by atoms with van der Waals surface area (Å²) in [5.74, 6) is 1.88. The molecule has 2 rings (SSSR count). The molecule has 2 aromatic rings. The first kappa shape index (κ1) is 13.1. The van der Waals surface area contributed by atoms with Gasteiger partial charge in [-0.25, -0.2) is 4.98 Å². The molecule has 102 valence electrons. The van der Waals surface area contributed by atoms with E-state index in [0.717, 1.165) is 11.3 Å². The summed E-state index contributed by atoms with van der Waals surface area (Å²) in [6, 6.07) is 4.03. The van der Waals surface area contributed by atoms with Crippen LogP contribution in [-0.2, 0) is 0 Å². The summed E-state index contributed by atoms with van der Waals surface area (Å²) in [5, 5.41) is 0. The predicted octanol–water partition coefficient (Wildman–Crippen LogP) is 2.11. The fourth-order valence-electron chi connectivity index (χ4n) is 1.78. The van der Waals surface area contributed by atoms with Crippen LogP contribution in [0.25, 0.3) is 11.3 Å². The highest BCUT2D eigenvalue weighted by Crippen LogP contribution is 2.39. The number of methoxy groups -OCH3 is 4. The Morgan fingerprint density at radius 2 is 1.47 bits per heavy atom. The molecule has 19 heavy (non-hydrogen) atoms. The van der Waals surface area contributed by atoms with Gasteiger partial charge in [0.05, 0.1) is 40.3 Å². The number of rotatable bonds is 5. The lowest BCUT2D eigenvalue weighted by atomic mass is 10.1. The summed E-state index contributed by atoms with van der Waals surface area (Å²) in [6.45, 7) is 0. The zero-order chi connectivity index (χ0) is 13.8. The van der Waals surface area contributed by atoms with Crippen LogP contribution in [0, 0.1) is 0 Å². The van der Waals surface area contributed by atoms with Crippen molar-refractivity contribution in [2.45, 2.75) is 0 Å². The summed E-state index contributed by atoms with van der Waals surface area (Å²) in [6.07, 6.45) is 1.67. The van der Waals surface area contributed by atoms with Crippen LogP contribution in [0.2, 0.25) is 0 Å². The van der Waals surface area contributed by atoms with Crippen molar-refractivity contribution in [3.8, 4) is 34.5 Å². The number of imidazole rings is 1. The molecule has 0 aliphatic heterocycles. The molecule has 0 amide bonds. The number of ether oxygens (including phenoxy) is 4. The minimum atomic E-state index is 0.437. The van der Waals surface area contributed by atoms with Crippen molar-refractivity contribution in [2.75, 3.05) is 28.4 Å². The van der Waals surface area contributed by atoms with Gasteiger partial charge in [0.25, 0.3) is 6.01 Å². The van der Waals surface area contributed by atoms with Gasteiger partial charge in [-0.1, -0.05) is 0 Å². The molecule has 0 aliphatic carbocycles. The second-order valence-corrected chi connectivity index (χ2v) is 3.71. The zero-order valence-corrected chi connectivity index (χ0v) is 11.3. The van der Waals surface area contributed by atoms with Gasteiger partial charge in [0.1, 0.15) is 5.75 Å². The molecule has 0 unspecified atom stereocenters. The first-order chi connectivity index (χ1) is 9.23. The van der Waals surface area contributed by atoms with Crippen LogP contribution in [0.4, 0.5) is 0 Å². The van der Waals surface area contributed by atoms with E-state index in [1.165, 1.54) is 0 Å². The van der Waals surface area contributed by atoms with Gasteiger partial charge >= 0.3 is 0 Å². The van der Waals surface area contributed by atoms with E-state index in [2.05, 4.69) is 9.97 Å². The minimum Gasteiger partial charge on any atom is -0.496 e. The molecule has 6 nitrogen and oxygen atoms in total. The summed E-state index contributed by atoms with van der Waals surface area (Å²) in [5.41, 5.74) is 1.59. The Kier molecular flexibility index (Phi) is 3.79. The summed E-state index contributed by atoms with van der Waals surface area (Å²) in [4.78, 5) is 7.11. The second-order valence-electron chi connectivity index (χ2n) is 3.71. The molecule has 1 N–H and O–H groups in total. The van der Waals surface area contributed by atoms with Gasteiger partial charge in [-0.2, -0.15) is 0 Å². The molecule has 0 atom stereocenters. The van der Waals surface area contributed by atoms with Gasteiger partial charge in [-0.3, -0.25) is 0 Å². The van der Waals surface area contributed by atoms with E-state index < -0.39 is 0 Å². The van der Waals surface area contributed by atoms with E-state index in [0.29, 0.717) is 23.3 Å². The van der Waals surface area contributed by atoms with Crippen molar-refractivity contribution in [2.24, 2.45) is 0 Å². The highest BCUT2D eigenvalue weighted by molar-refractivity contribution is 5.71. The Bertz CT molecular complexity index is 566. The Morgan fingerprint density at radius 1 is 0.842 bits per heavy atom. The van der Waals surface area contributed by atoms with Crippen LogP contribution in [0.15, 0.2) is 18.3 Å². The average molecular weight is 264 g/mol. The van der Waals surface area contributed by atoms with Crippen LogP contribution in [0.1, 0.15) is 0 Å². The van der Waals surface area contributed by atoms with E-state index in [-0.39, 0.29) is 0 Å². The molecule has 0 aliphatic rings. The van der Waals surface area contributed by atoms with Crippen molar-refractivity contribution in [3.63, 3.8) is 0 Å². The minimum absolute atomic E-state index is 0.437. The number of nitrogens with one attached hydrogen (secondary N) is 1. The van der Waals surface area contributed by atoms with Crippen LogP contribution >= 0.6 is 0 Å². The highest BCUT2D eigenvalue weighted by atomic mass is 16.5. The maximum Gasteiger partial charge on any atom is 0.293 e. The van der Waals surface area contributed by atoms with Gasteiger partial charge in [0, 0.05) is 11.6 Å². The van der Waals surface area contributed by atoms with Crippen molar-refractivity contribution < 1.29 is 18.9 Å². The molecule has 6 heteroatoms. The van der Waals surface area contributed by atoms with Crippen molar-refractivity contribution in [1.29, 1.82) is 0 Å². The summed E-state index contributed by atoms with van der Waals surface area (Å²) in [7, 11) is 6.31. The predicted molar refractivity (Wildman–Crippen MR) is 70.2 cm³/mol. The van der Waals surface area contributed by atoms with Crippen molar-refractivity contribution in [3.05, 3.63) is 18.3 Å². The quantitative estimate of drug-likeness (QED) is 0.896. The molecule has 0 saturated carbocycles. The molecule has 0 radical (unpaired) electrons. The van der Waals surface area contributed by atoms with Crippen LogP contribution < -0.4 is 18.9 Å². The van der Waals surface area contributed by atoms with Gasteiger partial charge in [-0.15, -0.1) is 0 Å². The van der Waals surface area contributed by atoms with Crippen molar-refractivity contribution in [1.82, 2.24) is 9.97 Å². The Hall–Kier alpha value is -2.37. The molecule has 0 saturated heterocycles. The number of benzene rings is 1. The molecular weight excluding hydrogens is 248 g/mol. The fraction of sp³-hybridized carbons (Fsp3) is 0.308. The third-order valence-corrected chi connectivity index (χ3v) is 2.74. The Balaban J connectivity index is 2.54. The lowest BCUT2D eigenvalue weighted by Gasteiger charge is -2.13. The molecule has 1 aromatic heterocycles. The molecule has 1 aromatic carbocycles. The standard InChI is InChI=1S/C13H16N2O4/c1-16-10-6-12(18-3)11(17-2)5-8(10)9-7-14-13(15-9)19-4/h5-7H,1-4H3,(H,14,15). The van der Waals surface area contributed by atoms with Gasteiger partial charge in [0.2, 0.25) is 0 Å². The number of hydrogen-bond donors (Lipinski definition) is 1. The number of aromatic nitrogens is 2. The van der Waals surface area contributed by atoms with E-state index >= 15 is 0 Å². The maximum absolute atomic E-state index is 5.36. The molecule has 0 spiro atoms. The Morgan fingerprint density at radius 3 is 2.00 bits per heavy atom. The SMILES string of the molecule is COc1ncc(-c2cc(OC)c(OC)cc2OC)[nH]1. The number of hydrogen-bond acceptors (Lipinski definition) is 5. The third kappa shape index (κ3) is 2.42. The van der Waals surface area contributed by atoms with Gasteiger partial charge < -0.3 is 23.9 Å². The third-order valence-electron chi connectivity index (χ3n) is 2.74. The highest BCUT2D eigenvalue weighted by Gasteiger charge is 2.15. The van der Waals surface area contributed by atoms with Crippen LogP contribution in [0.3, 0.4) is 0 Å². The average Bonchev–Trinajstić information content (AvgIpc) is 2.94. The maximum atomic E-state index is 5.36. The first-order valence-corrected chi connectivity index (χ1v) is 5.62. The lowest BCUT2D eigenvalue weighted by Crippen LogP contribution is -1.95. The fourth-order valence-corrected chi connectivity index (χ4v) is 1.78. The van der Waals surface area contributed by atoms with E-state index in [9.17, 15) is 0 Å². The van der Waals surface area contributed by atoms with Crippen LogP contribution in [0.5, 0.6) is 23.3 Å². The van der Waals surface area contributed by atoms with E-state index in [1.807, 2.05) is 6.07 Å². The molecule has 0 bridgehead atoms. The smallest absolute Gasteiger partial charge is 0.293 e. The topological polar surface area (TPSA) is 65.6 Å². The normalized spacial score (nSPS) is 10.1. The zero-order valence-electron chi connectivity index (χ0n) is 11.3. The van der Waals surface area contributed by atoms with Crippen molar-refractivity contribution >= 4 is 0 Å². The van der Waals surface area contributed by atoms with Gasteiger partial charge in [-0.05, 0) is 6.07 Å². The largest absolute Gasteiger partial charge is 0.496 e. The lowest BCUT2D eigenvalue weighted by molar-refractivity contribution is 0.349. The summed E-state index contributed by atoms with van der Waals surface area (Å²) < 4.78 is 20.9. The number of H-pyrrole nitrogens is 1. The number of aromatic amines is 1. The van der Waals surface area contributed by atoms with E-state index in [4.69, 9.17) is 18.9 Å². The monoisotopic (exact) mass is 264 g/mol. The molecule has 1 heterocycles. The van der Waals surface area contributed by atoms with Gasteiger partial charge in [0.15, 0.2) is 11.5 Å². The van der Waals surface area contributed by atoms with Crippen LogP contribution in [-0.4, -0.2) is 38.4 Å². The number of nitrogens with zero attached hydrogens (tertiary/aromatic N) is 1. The second kappa shape index (κ2) is 5.51.